The molecule has 14 heavy (non-hydrogen) atoms. The minimum absolute atomic E-state index is 0.281. The van der Waals surface area contributed by atoms with Crippen molar-refractivity contribution in [3.63, 3.8) is 0 Å². The largest absolute Gasteiger partial charge is 0.469 e. The van der Waals surface area contributed by atoms with Crippen LogP contribution >= 0.6 is 7.82 Å². The standard InChI is InChI=1S/C7H14NO5P/c1-4-6(9)8-7(2,3)5-13-14(10,11)12/h4H,1,5H2,2-3H3,(H,8,9)(H2,10,11,12). The lowest BCUT2D eigenvalue weighted by Gasteiger charge is -2.25. The second kappa shape index (κ2) is 4.70. The number of amides is 1. The number of rotatable bonds is 5. The molecule has 0 spiro atoms. The summed E-state index contributed by atoms with van der Waals surface area (Å²) in [5, 5.41) is 2.45. The summed E-state index contributed by atoms with van der Waals surface area (Å²) in [6.45, 7) is 6.11. The van der Waals surface area contributed by atoms with Gasteiger partial charge in [0.05, 0.1) is 12.1 Å². The lowest BCUT2D eigenvalue weighted by Crippen LogP contribution is -2.46. The van der Waals surface area contributed by atoms with Crippen molar-refractivity contribution in [2.45, 2.75) is 19.4 Å². The third-order valence-corrected chi connectivity index (χ3v) is 1.71. The molecule has 0 rings (SSSR count). The van der Waals surface area contributed by atoms with E-state index in [-0.39, 0.29) is 6.61 Å². The van der Waals surface area contributed by atoms with Gasteiger partial charge >= 0.3 is 7.82 Å². The highest BCUT2D eigenvalue weighted by Crippen LogP contribution is 2.36. The Kier molecular flexibility index (Phi) is 4.48. The van der Waals surface area contributed by atoms with Gasteiger partial charge in [0.1, 0.15) is 0 Å². The van der Waals surface area contributed by atoms with Crippen LogP contribution in [0.25, 0.3) is 0 Å². The summed E-state index contributed by atoms with van der Waals surface area (Å²) >= 11 is 0. The average Bonchev–Trinajstić information content (AvgIpc) is 1.99. The Hall–Kier alpha value is -0.680. The maximum absolute atomic E-state index is 10.9. The van der Waals surface area contributed by atoms with E-state index >= 15 is 0 Å². The van der Waals surface area contributed by atoms with Gasteiger partial charge < -0.3 is 15.1 Å². The molecule has 1 amide bonds. The number of nitrogens with one attached hydrogen (secondary N) is 1. The van der Waals surface area contributed by atoms with Crippen molar-refractivity contribution in [2.24, 2.45) is 0 Å². The van der Waals surface area contributed by atoms with Crippen molar-refractivity contribution in [1.82, 2.24) is 5.32 Å². The number of hydrogen-bond donors (Lipinski definition) is 3. The summed E-state index contributed by atoms with van der Waals surface area (Å²) in [6, 6.07) is 0. The second-order valence-electron chi connectivity index (χ2n) is 3.34. The monoisotopic (exact) mass is 223 g/mol. The fourth-order valence-electron chi connectivity index (χ4n) is 0.666. The molecule has 0 aliphatic heterocycles. The van der Waals surface area contributed by atoms with Crippen LogP contribution in [0.4, 0.5) is 0 Å². The van der Waals surface area contributed by atoms with Crippen LogP contribution in [0, 0.1) is 0 Å². The predicted molar refractivity (Wildman–Crippen MR) is 50.4 cm³/mol. The first-order valence-electron chi connectivity index (χ1n) is 3.81. The Morgan fingerprint density at radius 3 is 2.50 bits per heavy atom. The highest BCUT2D eigenvalue weighted by molar-refractivity contribution is 7.46. The third kappa shape index (κ3) is 6.80. The summed E-state index contributed by atoms with van der Waals surface area (Å²) in [4.78, 5) is 27.7. The number of carbonyl (C=O) groups excluding carboxylic acids is 1. The molecule has 0 saturated heterocycles. The van der Waals surface area contributed by atoms with Crippen LogP contribution < -0.4 is 5.32 Å². The maximum atomic E-state index is 10.9. The second-order valence-corrected chi connectivity index (χ2v) is 4.58. The lowest BCUT2D eigenvalue weighted by molar-refractivity contribution is -0.118. The van der Waals surface area contributed by atoms with Gasteiger partial charge in [0.15, 0.2) is 0 Å². The summed E-state index contributed by atoms with van der Waals surface area (Å²) in [7, 11) is -4.49. The third-order valence-electron chi connectivity index (χ3n) is 1.24. The van der Waals surface area contributed by atoms with Gasteiger partial charge in [0.2, 0.25) is 5.91 Å². The molecule has 0 aliphatic carbocycles. The van der Waals surface area contributed by atoms with Gasteiger partial charge in [-0.1, -0.05) is 6.58 Å². The lowest BCUT2D eigenvalue weighted by atomic mass is 10.1. The van der Waals surface area contributed by atoms with Crippen LogP contribution in [0.2, 0.25) is 0 Å². The molecule has 0 atom stereocenters. The van der Waals surface area contributed by atoms with Crippen LogP contribution in [-0.2, 0) is 13.9 Å². The van der Waals surface area contributed by atoms with Crippen molar-refractivity contribution in [1.29, 1.82) is 0 Å². The van der Waals surface area contributed by atoms with Crippen LogP contribution in [0.15, 0.2) is 12.7 Å². The molecule has 0 aromatic heterocycles. The van der Waals surface area contributed by atoms with E-state index in [4.69, 9.17) is 9.79 Å². The minimum Gasteiger partial charge on any atom is -0.345 e. The molecule has 0 fully saturated rings. The normalized spacial score (nSPS) is 12.3. The Morgan fingerprint density at radius 2 is 2.14 bits per heavy atom. The van der Waals surface area contributed by atoms with E-state index in [9.17, 15) is 9.36 Å². The van der Waals surface area contributed by atoms with Gasteiger partial charge in [0.25, 0.3) is 0 Å². The first-order valence-corrected chi connectivity index (χ1v) is 5.34. The first kappa shape index (κ1) is 13.3. The molecule has 0 bridgehead atoms. The number of phosphoric ester groups is 1. The quantitative estimate of drug-likeness (QED) is 0.456. The molecule has 7 heteroatoms. The van der Waals surface area contributed by atoms with Gasteiger partial charge in [0, 0.05) is 0 Å². The van der Waals surface area contributed by atoms with Crippen LogP contribution in [-0.4, -0.2) is 27.8 Å². The van der Waals surface area contributed by atoms with Crippen molar-refractivity contribution >= 4 is 13.7 Å². The highest BCUT2D eigenvalue weighted by atomic mass is 31.2. The molecular formula is C7H14NO5P. The molecular weight excluding hydrogens is 209 g/mol. The van der Waals surface area contributed by atoms with Crippen molar-refractivity contribution in [3.05, 3.63) is 12.7 Å². The Morgan fingerprint density at radius 1 is 1.64 bits per heavy atom. The van der Waals surface area contributed by atoms with Gasteiger partial charge in [-0.25, -0.2) is 4.57 Å². The van der Waals surface area contributed by atoms with E-state index < -0.39 is 19.3 Å². The van der Waals surface area contributed by atoms with Crippen molar-refractivity contribution in [2.75, 3.05) is 6.61 Å². The van der Waals surface area contributed by atoms with Crippen molar-refractivity contribution < 1.29 is 23.7 Å². The summed E-state index contributed by atoms with van der Waals surface area (Å²) in [5.41, 5.74) is -0.855. The fraction of sp³-hybridized carbons (Fsp3) is 0.571. The molecule has 0 saturated carbocycles. The average molecular weight is 223 g/mol. The molecule has 0 heterocycles. The van der Waals surface area contributed by atoms with Gasteiger partial charge in [-0.05, 0) is 19.9 Å². The number of carbonyl (C=O) groups is 1. The molecule has 3 N–H and O–H groups in total. The minimum atomic E-state index is -4.49. The topological polar surface area (TPSA) is 95.9 Å². The number of hydrogen-bond acceptors (Lipinski definition) is 3. The van der Waals surface area contributed by atoms with Crippen LogP contribution in [0.1, 0.15) is 13.8 Å². The zero-order valence-corrected chi connectivity index (χ0v) is 8.95. The zero-order chi connectivity index (χ0) is 11.4. The SMILES string of the molecule is C=CC(=O)NC(C)(C)COP(=O)(O)O. The molecule has 0 aromatic rings. The molecule has 82 valence electrons. The van der Waals surface area contributed by atoms with Crippen LogP contribution in [0.5, 0.6) is 0 Å². The highest BCUT2D eigenvalue weighted by Gasteiger charge is 2.24. The van der Waals surface area contributed by atoms with E-state index in [1.165, 1.54) is 0 Å². The first-order chi connectivity index (χ1) is 6.16. The maximum Gasteiger partial charge on any atom is 0.469 e. The summed E-state index contributed by atoms with van der Waals surface area (Å²) in [6.07, 6.45) is 1.07. The molecule has 0 aliphatic rings. The predicted octanol–water partition coefficient (Wildman–Crippen LogP) is 0.176. The van der Waals surface area contributed by atoms with Crippen LogP contribution in [0.3, 0.4) is 0 Å². The molecule has 6 nitrogen and oxygen atoms in total. The van der Waals surface area contributed by atoms with E-state index in [1.807, 2.05) is 0 Å². The summed E-state index contributed by atoms with van der Waals surface area (Å²) < 4.78 is 14.6. The zero-order valence-electron chi connectivity index (χ0n) is 8.06. The molecule has 0 radical (unpaired) electrons. The Bertz CT molecular complexity index is 269. The van der Waals surface area contributed by atoms with E-state index in [2.05, 4.69) is 16.4 Å². The molecule has 0 unspecified atom stereocenters. The van der Waals surface area contributed by atoms with Gasteiger partial charge in [-0.2, -0.15) is 0 Å². The number of phosphoric acid groups is 1. The van der Waals surface area contributed by atoms with Crippen molar-refractivity contribution in [3.8, 4) is 0 Å². The summed E-state index contributed by atoms with van der Waals surface area (Å²) in [5.74, 6) is -0.427. The smallest absolute Gasteiger partial charge is 0.345 e. The Balaban J connectivity index is 4.14. The van der Waals surface area contributed by atoms with E-state index in [0.29, 0.717) is 0 Å². The van der Waals surface area contributed by atoms with E-state index in [0.717, 1.165) is 6.08 Å². The van der Waals surface area contributed by atoms with Gasteiger partial charge in [-0.3, -0.25) is 9.32 Å². The molecule has 0 aromatic carbocycles. The van der Waals surface area contributed by atoms with Gasteiger partial charge in [-0.15, -0.1) is 0 Å². The van der Waals surface area contributed by atoms with E-state index in [1.54, 1.807) is 13.8 Å². The Labute approximate surface area is 82.2 Å². The fourth-order valence-corrected chi connectivity index (χ4v) is 1.16.